The zero-order valence-electron chi connectivity index (χ0n) is 29.3. The van der Waals surface area contributed by atoms with Gasteiger partial charge in [-0.05, 0) is 67.9 Å². The van der Waals surface area contributed by atoms with Crippen LogP contribution >= 0.6 is 0 Å². The van der Waals surface area contributed by atoms with Gasteiger partial charge in [0.25, 0.3) is 5.69 Å². The normalized spacial score (nSPS) is 18.9. The number of methoxy groups -OCH3 is 1. The van der Waals surface area contributed by atoms with E-state index in [4.69, 9.17) is 23.7 Å². The number of nitro benzene ring substituents is 1. The number of ether oxygens (including phenoxy) is 5. The van der Waals surface area contributed by atoms with Crippen molar-refractivity contribution in [2.24, 2.45) is 5.41 Å². The Balaban J connectivity index is 1.27. The Morgan fingerprint density at radius 3 is 2.04 bits per heavy atom. The van der Waals surface area contributed by atoms with Gasteiger partial charge in [0.15, 0.2) is 0 Å². The maximum absolute atomic E-state index is 13.1. The Labute approximate surface area is 301 Å². The Morgan fingerprint density at radius 1 is 0.904 bits per heavy atom. The average molecular weight is 724 g/mol. The van der Waals surface area contributed by atoms with Gasteiger partial charge in [0.2, 0.25) is 0 Å². The minimum atomic E-state index is -1.72. The predicted octanol–water partition coefficient (Wildman–Crippen LogP) is 4.00. The van der Waals surface area contributed by atoms with Crippen LogP contribution in [0.25, 0.3) is 0 Å². The molecule has 0 aliphatic carbocycles. The highest BCUT2D eigenvalue weighted by atomic mass is 16.6. The smallest absolute Gasteiger partial charge is 0.333 e. The molecule has 1 aliphatic heterocycles. The molecule has 15 nitrogen and oxygen atoms in total. The van der Waals surface area contributed by atoms with Crippen molar-refractivity contribution in [1.29, 1.82) is 0 Å². The topological polar surface area (TPSA) is 208 Å². The molecule has 0 aromatic heterocycles. The van der Waals surface area contributed by atoms with E-state index in [0.717, 1.165) is 0 Å². The van der Waals surface area contributed by atoms with Gasteiger partial charge in [-0.3, -0.25) is 14.9 Å². The van der Waals surface area contributed by atoms with Gasteiger partial charge in [-0.1, -0.05) is 12.1 Å². The van der Waals surface area contributed by atoms with Gasteiger partial charge in [-0.2, -0.15) is 0 Å². The van der Waals surface area contributed by atoms with Crippen LogP contribution < -0.4 is 29.6 Å². The average Bonchev–Trinajstić information content (AvgIpc) is 3.12. The fourth-order valence-electron chi connectivity index (χ4n) is 6.20. The summed E-state index contributed by atoms with van der Waals surface area (Å²) in [5.41, 5.74) is -1.67. The quantitative estimate of drug-likeness (QED) is 0.0598. The summed E-state index contributed by atoms with van der Waals surface area (Å²) in [4.78, 5) is 36.5. The van der Waals surface area contributed by atoms with Crippen LogP contribution in [0.1, 0.15) is 31.7 Å². The van der Waals surface area contributed by atoms with E-state index in [9.17, 15) is 35.0 Å². The standard InChI is InChI=1S/C37H45N3O12/c1-24-33(35(42)43)34(26-5-4-6-27(21-26)40(46)47)37(36(44)45,25(2)39-24)15-17-49-29-7-9-30(10-8-29)50-18-16-38-22-28(41)23-52-32-13-11-31(12-14-32)51-20-19-48-3/h4-14,21,25,28,34,38-39,41H,15-20,22-23H2,1-3H3,(H,42,43)(H,44,45). The van der Waals surface area contributed by atoms with Crippen molar-refractivity contribution in [3.8, 4) is 23.0 Å². The van der Waals surface area contributed by atoms with E-state index in [0.29, 0.717) is 55.9 Å². The number of aliphatic carboxylic acids is 2. The third kappa shape index (κ3) is 10.1. The lowest BCUT2D eigenvalue weighted by molar-refractivity contribution is -0.384. The molecule has 52 heavy (non-hydrogen) atoms. The molecule has 3 aromatic carbocycles. The number of allylic oxidation sites excluding steroid dienone is 1. The fraction of sp³-hybridized carbons (Fsp3) is 0.405. The number of hydrogen-bond acceptors (Lipinski definition) is 12. The van der Waals surface area contributed by atoms with Crippen LogP contribution in [0.4, 0.5) is 5.69 Å². The number of aliphatic hydroxyl groups excluding tert-OH is 1. The number of benzene rings is 3. The first-order valence-corrected chi connectivity index (χ1v) is 16.7. The number of aliphatic hydroxyl groups is 1. The molecular formula is C37H45N3O12. The SMILES string of the molecule is COCCOc1ccc(OCC(O)CNCCOc2ccc(OCCC3(C(=O)O)C(C)NC(C)=C(C(=O)O)C3c3cccc([N+](=O)[O-])c3)cc2)cc1. The van der Waals surface area contributed by atoms with Gasteiger partial charge in [0.05, 0.1) is 23.7 Å². The Hall–Kier alpha value is -5.38. The van der Waals surface area contributed by atoms with Crippen molar-refractivity contribution in [2.45, 2.75) is 38.3 Å². The van der Waals surface area contributed by atoms with Crippen LogP contribution in [0.15, 0.2) is 84.1 Å². The largest absolute Gasteiger partial charge is 0.494 e. The number of hydrogen-bond donors (Lipinski definition) is 5. The molecule has 0 spiro atoms. The van der Waals surface area contributed by atoms with E-state index in [1.54, 1.807) is 69.5 Å². The summed E-state index contributed by atoms with van der Waals surface area (Å²) in [6.45, 7) is 5.25. The first-order chi connectivity index (χ1) is 25.0. The number of nitro groups is 1. The summed E-state index contributed by atoms with van der Waals surface area (Å²) in [6, 6.07) is 18.5. The van der Waals surface area contributed by atoms with Crippen LogP contribution in [0.5, 0.6) is 23.0 Å². The predicted molar refractivity (Wildman–Crippen MR) is 189 cm³/mol. The number of carboxylic acid groups (broad SMARTS) is 2. The van der Waals surface area contributed by atoms with Crippen LogP contribution in [-0.4, -0.2) is 97.6 Å². The van der Waals surface area contributed by atoms with E-state index in [2.05, 4.69) is 10.6 Å². The minimum Gasteiger partial charge on any atom is -0.494 e. The second-order valence-electron chi connectivity index (χ2n) is 12.2. The molecule has 280 valence electrons. The van der Waals surface area contributed by atoms with Gasteiger partial charge in [0.1, 0.15) is 54.3 Å². The summed E-state index contributed by atoms with van der Waals surface area (Å²) in [7, 11) is 1.61. The highest BCUT2D eigenvalue weighted by molar-refractivity contribution is 5.93. The summed E-state index contributed by atoms with van der Waals surface area (Å²) < 4.78 is 27.8. The molecular weight excluding hydrogens is 678 g/mol. The van der Waals surface area contributed by atoms with Gasteiger partial charge >= 0.3 is 11.9 Å². The minimum absolute atomic E-state index is 0.0829. The second kappa shape index (κ2) is 18.7. The molecule has 0 saturated carbocycles. The molecule has 0 fully saturated rings. The molecule has 0 radical (unpaired) electrons. The Morgan fingerprint density at radius 2 is 1.48 bits per heavy atom. The third-order valence-electron chi connectivity index (χ3n) is 8.81. The molecule has 0 bridgehead atoms. The van der Waals surface area contributed by atoms with E-state index < -0.39 is 40.3 Å². The second-order valence-corrected chi connectivity index (χ2v) is 12.2. The van der Waals surface area contributed by atoms with Gasteiger partial charge < -0.3 is 49.6 Å². The van der Waals surface area contributed by atoms with Crippen molar-refractivity contribution in [3.05, 3.63) is 99.7 Å². The molecule has 3 aromatic rings. The fourth-order valence-corrected chi connectivity index (χ4v) is 6.20. The summed E-state index contributed by atoms with van der Waals surface area (Å²) in [5.74, 6) is -1.46. The molecule has 4 atom stereocenters. The highest BCUT2D eigenvalue weighted by Crippen LogP contribution is 2.50. The van der Waals surface area contributed by atoms with Crippen LogP contribution in [-0.2, 0) is 14.3 Å². The number of carbonyl (C=O) groups is 2. The van der Waals surface area contributed by atoms with Crippen LogP contribution in [0.2, 0.25) is 0 Å². The lowest BCUT2D eigenvalue weighted by Crippen LogP contribution is -2.57. The van der Waals surface area contributed by atoms with Gasteiger partial charge in [-0.25, -0.2) is 4.79 Å². The van der Waals surface area contributed by atoms with E-state index in [-0.39, 0.29) is 42.2 Å². The molecule has 1 heterocycles. The Bertz CT molecular complexity index is 1680. The number of nitrogens with zero attached hydrogens (tertiary/aromatic N) is 1. The maximum atomic E-state index is 13.1. The molecule has 4 rings (SSSR count). The van der Waals surface area contributed by atoms with Crippen LogP contribution in [0, 0.1) is 15.5 Å². The van der Waals surface area contributed by atoms with E-state index >= 15 is 0 Å². The van der Waals surface area contributed by atoms with Crippen molar-refractivity contribution in [3.63, 3.8) is 0 Å². The molecule has 0 saturated heterocycles. The Kier molecular flexibility index (Phi) is 14.2. The number of nitrogens with one attached hydrogen (secondary N) is 2. The zero-order chi connectivity index (χ0) is 37.7. The maximum Gasteiger partial charge on any atom is 0.333 e. The van der Waals surface area contributed by atoms with Crippen molar-refractivity contribution < 1.29 is 53.5 Å². The molecule has 1 aliphatic rings. The number of carboxylic acids is 2. The highest BCUT2D eigenvalue weighted by Gasteiger charge is 2.56. The number of rotatable bonds is 21. The third-order valence-corrected chi connectivity index (χ3v) is 8.81. The molecule has 0 amide bonds. The lowest BCUT2D eigenvalue weighted by Gasteiger charge is -2.46. The lowest BCUT2D eigenvalue weighted by atomic mass is 9.60. The first kappa shape index (κ1) is 39.4. The van der Waals surface area contributed by atoms with Crippen LogP contribution in [0.3, 0.4) is 0 Å². The molecule has 15 heteroatoms. The number of non-ortho nitro benzene ring substituents is 1. The van der Waals surface area contributed by atoms with Gasteiger partial charge in [-0.15, -0.1) is 0 Å². The first-order valence-electron chi connectivity index (χ1n) is 16.7. The molecule has 4 unspecified atom stereocenters. The summed E-state index contributed by atoms with van der Waals surface area (Å²) >= 11 is 0. The summed E-state index contributed by atoms with van der Waals surface area (Å²) in [5, 5.41) is 48.7. The van der Waals surface area contributed by atoms with Gasteiger partial charge in [0, 0.05) is 56.4 Å². The van der Waals surface area contributed by atoms with E-state index in [1.165, 1.54) is 24.3 Å². The van der Waals surface area contributed by atoms with Crippen molar-refractivity contribution in [1.82, 2.24) is 10.6 Å². The van der Waals surface area contributed by atoms with Crippen molar-refractivity contribution in [2.75, 3.05) is 53.2 Å². The van der Waals surface area contributed by atoms with Crippen molar-refractivity contribution >= 4 is 17.6 Å². The monoisotopic (exact) mass is 723 g/mol. The zero-order valence-corrected chi connectivity index (χ0v) is 29.3. The van der Waals surface area contributed by atoms with E-state index in [1.807, 2.05) is 0 Å². The molecule has 5 N–H and O–H groups in total. The summed E-state index contributed by atoms with van der Waals surface area (Å²) in [6.07, 6.45) is -0.843.